The molecule has 2 aromatic rings. The number of amides is 2. The van der Waals surface area contributed by atoms with Crippen LogP contribution in [-0.2, 0) is 9.53 Å². The Bertz CT molecular complexity index is 788. The second kappa shape index (κ2) is 9.73. The van der Waals surface area contributed by atoms with Gasteiger partial charge in [-0.3, -0.25) is 4.79 Å². The standard InChI is InChI=1S/C21H28N4O3/c1-15(14-23-20(27)28-21(2,3)4)13-18(26)25-17-11-8-12-22-19(17)24-16-9-6-5-7-10-16/h5-12,15H,13-14H2,1-4H3,(H,22,24)(H,23,27)(H,25,26)/t15-/m0/s1. The van der Waals surface area contributed by atoms with E-state index in [4.69, 9.17) is 4.74 Å². The van der Waals surface area contributed by atoms with Gasteiger partial charge in [-0.05, 0) is 51.0 Å². The van der Waals surface area contributed by atoms with Gasteiger partial charge < -0.3 is 20.7 Å². The van der Waals surface area contributed by atoms with E-state index < -0.39 is 11.7 Å². The summed E-state index contributed by atoms with van der Waals surface area (Å²) in [7, 11) is 0. The molecule has 7 nitrogen and oxygen atoms in total. The van der Waals surface area contributed by atoms with Gasteiger partial charge in [0.05, 0.1) is 5.69 Å². The molecule has 0 spiro atoms. The summed E-state index contributed by atoms with van der Waals surface area (Å²) in [6.45, 7) is 7.66. The van der Waals surface area contributed by atoms with Crippen LogP contribution in [0.4, 0.5) is 22.0 Å². The lowest BCUT2D eigenvalue weighted by Crippen LogP contribution is -2.35. The highest BCUT2D eigenvalue weighted by molar-refractivity contribution is 5.94. The number of rotatable bonds is 7. The molecule has 1 aromatic heterocycles. The summed E-state index contributed by atoms with van der Waals surface area (Å²) in [5.41, 5.74) is 0.933. The Labute approximate surface area is 165 Å². The lowest BCUT2D eigenvalue weighted by atomic mass is 10.1. The molecule has 3 N–H and O–H groups in total. The molecule has 7 heteroatoms. The Balaban J connectivity index is 1.86. The lowest BCUT2D eigenvalue weighted by Gasteiger charge is -2.20. The van der Waals surface area contributed by atoms with Crippen LogP contribution in [0, 0.1) is 5.92 Å². The number of nitrogens with one attached hydrogen (secondary N) is 3. The highest BCUT2D eigenvalue weighted by atomic mass is 16.6. The molecule has 28 heavy (non-hydrogen) atoms. The van der Waals surface area contributed by atoms with Gasteiger partial charge >= 0.3 is 6.09 Å². The van der Waals surface area contributed by atoms with Gasteiger partial charge in [-0.25, -0.2) is 9.78 Å². The molecular weight excluding hydrogens is 356 g/mol. The number of carbonyl (C=O) groups excluding carboxylic acids is 2. The zero-order chi connectivity index (χ0) is 20.6. The number of ether oxygens (including phenoxy) is 1. The van der Waals surface area contributed by atoms with Crippen molar-refractivity contribution in [3.63, 3.8) is 0 Å². The number of pyridine rings is 1. The van der Waals surface area contributed by atoms with Crippen LogP contribution in [-0.4, -0.2) is 29.1 Å². The minimum atomic E-state index is -0.548. The Morgan fingerprint density at radius 2 is 1.82 bits per heavy atom. The summed E-state index contributed by atoms with van der Waals surface area (Å²) in [6.07, 6.45) is 1.44. The minimum absolute atomic E-state index is 0.0466. The summed E-state index contributed by atoms with van der Waals surface area (Å²) in [5, 5.41) is 8.76. The second-order valence-corrected chi connectivity index (χ2v) is 7.63. The van der Waals surface area contributed by atoms with Gasteiger partial charge in [-0.2, -0.15) is 0 Å². The van der Waals surface area contributed by atoms with E-state index in [0.717, 1.165) is 5.69 Å². The average Bonchev–Trinajstić information content (AvgIpc) is 2.61. The first kappa shape index (κ1) is 21.2. The first-order chi connectivity index (χ1) is 13.2. The third kappa shape index (κ3) is 7.65. The maximum absolute atomic E-state index is 12.4. The lowest BCUT2D eigenvalue weighted by molar-refractivity contribution is -0.117. The van der Waals surface area contributed by atoms with Gasteiger partial charge in [-0.1, -0.05) is 25.1 Å². The number of para-hydroxylation sites is 1. The molecule has 1 heterocycles. The van der Waals surface area contributed by atoms with Gasteiger partial charge in [0.25, 0.3) is 0 Å². The SMILES string of the molecule is C[C@H](CNC(=O)OC(C)(C)C)CC(=O)Nc1cccnc1Nc1ccccc1. The monoisotopic (exact) mass is 384 g/mol. The Kier molecular flexibility index (Phi) is 7.37. The van der Waals surface area contributed by atoms with E-state index in [0.29, 0.717) is 18.1 Å². The zero-order valence-corrected chi connectivity index (χ0v) is 16.8. The van der Waals surface area contributed by atoms with E-state index in [2.05, 4.69) is 20.9 Å². The molecular formula is C21H28N4O3. The molecule has 0 aliphatic carbocycles. The molecule has 0 bridgehead atoms. The van der Waals surface area contributed by atoms with Gasteiger partial charge in [0.15, 0.2) is 5.82 Å². The van der Waals surface area contributed by atoms with Crippen molar-refractivity contribution in [1.29, 1.82) is 0 Å². The van der Waals surface area contributed by atoms with Crippen molar-refractivity contribution in [2.24, 2.45) is 5.92 Å². The van der Waals surface area contributed by atoms with Gasteiger partial charge in [0, 0.05) is 24.8 Å². The largest absolute Gasteiger partial charge is 0.444 e. The van der Waals surface area contributed by atoms with Crippen LogP contribution in [0.5, 0.6) is 0 Å². The molecule has 1 aromatic carbocycles. The fourth-order valence-corrected chi connectivity index (χ4v) is 2.43. The third-order valence-electron chi connectivity index (χ3n) is 3.65. The average molecular weight is 384 g/mol. The van der Waals surface area contributed by atoms with E-state index in [1.54, 1.807) is 39.1 Å². The highest BCUT2D eigenvalue weighted by Crippen LogP contribution is 2.23. The van der Waals surface area contributed by atoms with Crippen molar-refractivity contribution in [2.75, 3.05) is 17.2 Å². The maximum Gasteiger partial charge on any atom is 0.407 e. The topological polar surface area (TPSA) is 92.3 Å². The predicted molar refractivity (Wildman–Crippen MR) is 111 cm³/mol. The number of carbonyl (C=O) groups is 2. The Morgan fingerprint density at radius 3 is 2.50 bits per heavy atom. The molecule has 150 valence electrons. The fourth-order valence-electron chi connectivity index (χ4n) is 2.43. The van der Waals surface area contributed by atoms with Crippen LogP contribution in [0.2, 0.25) is 0 Å². The summed E-state index contributed by atoms with van der Waals surface area (Å²) in [6, 6.07) is 13.2. The van der Waals surface area contributed by atoms with E-state index >= 15 is 0 Å². The number of aromatic nitrogens is 1. The van der Waals surface area contributed by atoms with Crippen LogP contribution in [0.15, 0.2) is 48.7 Å². The van der Waals surface area contributed by atoms with E-state index in [-0.39, 0.29) is 18.2 Å². The first-order valence-corrected chi connectivity index (χ1v) is 9.27. The van der Waals surface area contributed by atoms with E-state index in [1.807, 2.05) is 37.3 Å². The smallest absolute Gasteiger partial charge is 0.407 e. The number of anilines is 3. The third-order valence-corrected chi connectivity index (χ3v) is 3.65. The molecule has 0 saturated heterocycles. The number of hydrogen-bond acceptors (Lipinski definition) is 5. The summed E-state index contributed by atoms with van der Waals surface area (Å²) >= 11 is 0. The van der Waals surface area contributed by atoms with Crippen LogP contribution >= 0.6 is 0 Å². The van der Waals surface area contributed by atoms with Gasteiger partial charge in [0.2, 0.25) is 5.91 Å². The summed E-state index contributed by atoms with van der Waals surface area (Å²) < 4.78 is 5.19. The quantitative estimate of drug-likeness (QED) is 0.661. The van der Waals surface area contributed by atoms with E-state index in [9.17, 15) is 9.59 Å². The maximum atomic E-state index is 12.4. The van der Waals surface area contributed by atoms with Crippen molar-refractivity contribution in [2.45, 2.75) is 39.7 Å². The first-order valence-electron chi connectivity index (χ1n) is 9.27. The highest BCUT2D eigenvalue weighted by Gasteiger charge is 2.17. The molecule has 0 fully saturated rings. The zero-order valence-electron chi connectivity index (χ0n) is 16.8. The van der Waals surface area contributed by atoms with Crippen molar-refractivity contribution in [1.82, 2.24) is 10.3 Å². The predicted octanol–water partition coefficient (Wildman–Crippen LogP) is 4.31. The van der Waals surface area contributed by atoms with Crippen LogP contribution < -0.4 is 16.0 Å². The van der Waals surface area contributed by atoms with Crippen molar-refractivity contribution in [3.8, 4) is 0 Å². The molecule has 0 unspecified atom stereocenters. The normalized spacial score (nSPS) is 12.0. The van der Waals surface area contributed by atoms with Gasteiger partial charge in [-0.15, -0.1) is 0 Å². The van der Waals surface area contributed by atoms with E-state index in [1.165, 1.54) is 0 Å². The van der Waals surface area contributed by atoms with Crippen LogP contribution in [0.3, 0.4) is 0 Å². The summed E-state index contributed by atoms with van der Waals surface area (Å²) in [4.78, 5) is 28.4. The number of benzene rings is 1. The molecule has 1 atom stereocenters. The minimum Gasteiger partial charge on any atom is -0.444 e. The van der Waals surface area contributed by atoms with Crippen molar-refractivity contribution >= 4 is 29.2 Å². The summed E-state index contributed by atoms with van der Waals surface area (Å²) in [5.74, 6) is 0.374. The molecule has 0 saturated carbocycles. The molecule has 2 amide bonds. The molecule has 0 radical (unpaired) electrons. The number of alkyl carbamates (subject to hydrolysis) is 1. The fraction of sp³-hybridized carbons (Fsp3) is 0.381. The molecule has 0 aliphatic rings. The second-order valence-electron chi connectivity index (χ2n) is 7.63. The van der Waals surface area contributed by atoms with Crippen molar-refractivity contribution < 1.29 is 14.3 Å². The molecule has 2 rings (SSSR count). The molecule has 0 aliphatic heterocycles. The van der Waals surface area contributed by atoms with Gasteiger partial charge in [0.1, 0.15) is 5.60 Å². The van der Waals surface area contributed by atoms with Crippen LogP contribution in [0.1, 0.15) is 34.1 Å². The Morgan fingerprint density at radius 1 is 1.11 bits per heavy atom. The number of nitrogens with zero attached hydrogens (tertiary/aromatic N) is 1. The Hall–Kier alpha value is -3.09. The number of hydrogen-bond donors (Lipinski definition) is 3. The van der Waals surface area contributed by atoms with Crippen LogP contribution in [0.25, 0.3) is 0 Å². The van der Waals surface area contributed by atoms with Crippen molar-refractivity contribution in [3.05, 3.63) is 48.7 Å².